The van der Waals surface area contributed by atoms with Crippen molar-refractivity contribution < 1.29 is 0 Å². The van der Waals surface area contributed by atoms with Crippen molar-refractivity contribution in [1.82, 2.24) is 10.2 Å². The molecule has 4 fully saturated rings. The zero-order valence-corrected chi connectivity index (χ0v) is 19.4. The van der Waals surface area contributed by atoms with Crippen LogP contribution in [0.5, 0.6) is 0 Å². The second-order valence-electron chi connectivity index (χ2n) is 10.1. The average Bonchev–Trinajstić information content (AvgIpc) is 2.91. The lowest BCUT2D eigenvalue weighted by atomic mass is 9.59. The highest BCUT2D eigenvalue weighted by atomic mass is 15.2. The van der Waals surface area contributed by atoms with Crippen LogP contribution in [0.4, 0.5) is 0 Å². The first-order valence-electron chi connectivity index (χ1n) is 12.9. The first-order chi connectivity index (χ1) is 16.4. The van der Waals surface area contributed by atoms with E-state index in [1.807, 2.05) is 5.92 Å². The van der Waals surface area contributed by atoms with E-state index in [4.69, 9.17) is 0 Å². The van der Waals surface area contributed by atoms with Crippen LogP contribution >= 0.6 is 0 Å². The number of rotatable bonds is 5. The zero-order chi connectivity index (χ0) is 22.0. The topological polar surface area (TPSA) is 15.3 Å². The SMILES string of the molecule is c1ccc(C2NCCC[C@H]2[C]2C3CCN(CC3)[C@@H]2C(c2ccccc2)c2ccccc2)cc1. The largest absolute Gasteiger partial charge is 0.310 e. The van der Waals surface area contributed by atoms with Gasteiger partial charge in [-0.3, -0.25) is 4.90 Å². The van der Waals surface area contributed by atoms with Crippen molar-refractivity contribution >= 4 is 0 Å². The van der Waals surface area contributed by atoms with Gasteiger partial charge in [0.25, 0.3) is 0 Å². The third-order valence-corrected chi connectivity index (χ3v) is 8.41. The standard InChI is InChI=1S/C31H35N2/c1-4-11-23(12-5-1)28(24-13-6-2-7-14-24)31-29(25-18-21-33(31)22-19-25)27-17-10-20-32-30(27)26-15-8-3-9-16-26/h1-9,11-16,25,27-28,30-32H,10,17-22H2/t27-,30?,31+/m0/s1. The minimum absolute atomic E-state index is 0.392. The van der Waals surface area contributed by atoms with Crippen LogP contribution in [0.25, 0.3) is 0 Å². The summed E-state index contributed by atoms with van der Waals surface area (Å²) in [5.41, 5.74) is 4.37. The van der Waals surface area contributed by atoms with E-state index in [0.29, 0.717) is 23.9 Å². The summed E-state index contributed by atoms with van der Waals surface area (Å²) in [7, 11) is 0. The summed E-state index contributed by atoms with van der Waals surface area (Å²) in [6.45, 7) is 3.61. The first-order valence-corrected chi connectivity index (χ1v) is 12.9. The average molecular weight is 436 g/mol. The van der Waals surface area contributed by atoms with Crippen LogP contribution in [0.2, 0.25) is 0 Å². The Morgan fingerprint density at radius 1 is 0.697 bits per heavy atom. The molecule has 3 aromatic carbocycles. The van der Waals surface area contributed by atoms with Gasteiger partial charge in [-0.2, -0.15) is 0 Å². The van der Waals surface area contributed by atoms with Gasteiger partial charge in [0, 0.05) is 23.9 Å². The Kier molecular flexibility index (Phi) is 6.05. The number of hydrogen-bond acceptors (Lipinski definition) is 2. The van der Waals surface area contributed by atoms with Crippen LogP contribution in [0.1, 0.15) is 54.3 Å². The van der Waals surface area contributed by atoms with Gasteiger partial charge in [0.2, 0.25) is 0 Å². The molecule has 4 aliphatic heterocycles. The number of hydrogen-bond donors (Lipinski definition) is 1. The molecule has 1 radical (unpaired) electrons. The van der Waals surface area contributed by atoms with Crippen molar-refractivity contribution in [2.75, 3.05) is 19.6 Å². The molecule has 0 aliphatic carbocycles. The fourth-order valence-electron chi connectivity index (χ4n) is 7.02. The fraction of sp³-hybridized carbons (Fsp3) is 0.387. The number of fused-ring (bicyclic) bond motifs is 3. The van der Waals surface area contributed by atoms with Crippen molar-refractivity contribution in [3.05, 3.63) is 114 Å². The summed E-state index contributed by atoms with van der Waals surface area (Å²) in [6, 6.07) is 34.7. The normalized spacial score (nSPS) is 29.9. The van der Waals surface area contributed by atoms with Crippen LogP contribution in [-0.4, -0.2) is 30.6 Å². The van der Waals surface area contributed by atoms with Gasteiger partial charge in [-0.1, -0.05) is 91.0 Å². The van der Waals surface area contributed by atoms with Crippen molar-refractivity contribution in [2.24, 2.45) is 11.8 Å². The lowest BCUT2D eigenvalue weighted by Crippen LogP contribution is -2.59. The lowest BCUT2D eigenvalue weighted by molar-refractivity contribution is 0.0338. The maximum absolute atomic E-state index is 3.94. The summed E-state index contributed by atoms with van der Waals surface area (Å²) in [5.74, 6) is 3.59. The highest BCUT2D eigenvalue weighted by Gasteiger charge is 2.51. The molecule has 4 aliphatic rings. The van der Waals surface area contributed by atoms with Crippen molar-refractivity contribution in [3.63, 3.8) is 0 Å². The van der Waals surface area contributed by atoms with E-state index in [1.54, 1.807) is 0 Å². The Morgan fingerprint density at radius 2 is 1.27 bits per heavy atom. The molecule has 2 heteroatoms. The van der Waals surface area contributed by atoms with Gasteiger partial charge >= 0.3 is 0 Å². The van der Waals surface area contributed by atoms with E-state index in [9.17, 15) is 0 Å². The van der Waals surface area contributed by atoms with Crippen LogP contribution in [0.15, 0.2) is 91.0 Å². The molecule has 4 heterocycles. The minimum atomic E-state index is 0.392. The van der Waals surface area contributed by atoms with E-state index in [0.717, 1.165) is 12.5 Å². The van der Waals surface area contributed by atoms with Crippen molar-refractivity contribution in [2.45, 2.75) is 43.7 Å². The fourth-order valence-corrected chi connectivity index (χ4v) is 7.02. The third-order valence-electron chi connectivity index (χ3n) is 8.41. The molecule has 0 aromatic heterocycles. The number of piperidine rings is 4. The Hall–Kier alpha value is -2.42. The Balaban J connectivity index is 1.44. The van der Waals surface area contributed by atoms with E-state index < -0.39 is 0 Å². The Bertz CT molecular complexity index is 971. The van der Waals surface area contributed by atoms with Gasteiger partial charge in [-0.25, -0.2) is 0 Å². The predicted molar refractivity (Wildman–Crippen MR) is 136 cm³/mol. The van der Waals surface area contributed by atoms with Gasteiger partial charge in [-0.15, -0.1) is 0 Å². The van der Waals surface area contributed by atoms with Crippen molar-refractivity contribution in [3.8, 4) is 0 Å². The second kappa shape index (κ2) is 9.44. The molecule has 1 N–H and O–H groups in total. The van der Waals surface area contributed by atoms with E-state index >= 15 is 0 Å². The molecule has 4 saturated heterocycles. The smallest absolute Gasteiger partial charge is 0.0354 e. The minimum Gasteiger partial charge on any atom is -0.310 e. The molecule has 3 aromatic rings. The van der Waals surface area contributed by atoms with Crippen molar-refractivity contribution in [1.29, 1.82) is 0 Å². The molecule has 3 atom stereocenters. The predicted octanol–water partition coefficient (Wildman–Crippen LogP) is 6.23. The molecule has 7 rings (SSSR count). The maximum atomic E-state index is 3.94. The summed E-state index contributed by atoms with van der Waals surface area (Å²) < 4.78 is 0. The molecule has 0 spiro atoms. The summed E-state index contributed by atoms with van der Waals surface area (Å²) in [6.07, 6.45) is 5.25. The van der Waals surface area contributed by atoms with E-state index in [1.165, 1.54) is 55.5 Å². The third kappa shape index (κ3) is 4.05. The van der Waals surface area contributed by atoms with E-state index in [-0.39, 0.29) is 0 Å². The zero-order valence-electron chi connectivity index (χ0n) is 19.4. The van der Waals surface area contributed by atoms with Crippen LogP contribution in [0, 0.1) is 17.8 Å². The monoisotopic (exact) mass is 435 g/mol. The Morgan fingerprint density at radius 3 is 1.88 bits per heavy atom. The number of benzene rings is 3. The molecule has 169 valence electrons. The van der Waals surface area contributed by atoms with Gasteiger partial charge < -0.3 is 5.32 Å². The van der Waals surface area contributed by atoms with Gasteiger partial charge in [0.15, 0.2) is 0 Å². The summed E-state index contributed by atoms with van der Waals surface area (Å²) in [5, 5.41) is 3.94. The maximum Gasteiger partial charge on any atom is 0.0354 e. The second-order valence-corrected chi connectivity index (χ2v) is 10.1. The number of nitrogens with zero attached hydrogens (tertiary/aromatic N) is 1. The molecular weight excluding hydrogens is 400 g/mol. The molecular formula is C31H35N2. The summed E-state index contributed by atoms with van der Waals surface area (Å²) >= 11 is 0. The number of nitrogens with one attached hydrogen (secondary N) is 1. The van der Waals surface area contributed by atoms with Gasteiger partial charge in [0.05, 0.1) is 0 Å². The molecule has 2 bridgehead atoms. The molecule has 1 unspecified atom stereocenters. The highest BCUT2D eigenvalue weighted by molar-refractivity contribution is 5.39. The van der Waals surface area contributed by atoms with Crippen LogP contribution in [-0.2, 0) is 0 Å². The molecule has 2 nitrogen and oxygen atoms in total. The first kappa shape index (κ1) is 21.1. The Labute approximate surface area is 199 Å². The molecule has 0 saturated carbocycles. The van der Waals surface area contributed by atoms with Gasteiger partial charge in [0.1, 0.15) is 0 Å². The van der Waals surface area contributed by atoms with Crippen LogP contribution in [0.3, 0.4) is 0 Å². The highest BCUT2D eigenvalue weighted by Crippen LogP contribution is 2.53. The molecule has 0 amide bonds. The van der Waals surface area contributed by atoms with Gasteiger partial charge in [-0.05, 0) is 73.8 Å². The van der Waals surface area contributed by atoms with Crippen LogP contribution < -0.4 is 5.32 Å². The molecule has 33 heavy (non-hydrogen) atoms. The van der Waals surface area contributed by atoms with E-state index in [2.05, 4.69) is 101 Å². The summed E-state index contributed by atoms with van der Waals surface area (Å²) in [4.78, 5) is 2.83. The lowest BCUT2D eigenvalue weighted by Gasteiger charge is -2.57. The quantitative estimate of drug-likeness (QED) is 0.511.